The Hall–Kier alpha value is -2.62. The Balaban J connectivity index is 2.75. The highest BCUT2D eigenvalue weighted by Crippen LogP contribution is 2.20. The number of nitriles is 1. The number of rotatable bonds is 3. The van der Waals surface area contributed by atoms with Crippen molar-refractivity contribution in [3.63, 3.8) is 0 Å². The Labute approximate surface area is 102 Å². The number of carbonyl (C=O) groups is 2. The van der Waals surface area contributed by atoms with Gasteiger partial charge in [-0.05, 0) is 12.1 Å². The second-order valence-electron chi connectivity index (χ2n) is 3.14. The van der Waals surface area contributed by atoms with Gasteiger partial charge in [-0.15, -0.1) is 0 Å². The Morgan fingerprint density at radius 2 is 2.17 bits per heavy atom. The van der Waals surface area contributed by atoms with Crippen molar-refractivity contribution >= 4 is 17.5 Å². The van der Waals surface area contributed by atoms with Gasteiger partial charge in [-0.3, -0.25) is 9.59 Å². The number of benzene rings is 1. The summed E-state index contributed by atoms with van der Waals surface area (Å²) in [6, 6.07) is 5.36. The minimum absolute atomic E-state index is 0.175. The van der Waals surface area contributed by atoms with E-state index in [1.165, 1.54) is 19.2 Å². The predicted octanol–water partition coefficient (Wildman–Crippen LogP) is 0.413. The highest BCUT2D eigenvalue weighted by atomic mass is 19.1. The van der Waals surface area contributed by atoms with Crippen molar-refractivity contribution in [3.05, 3.63) is 24.0 Å². The zero-order valence-corrected chi connectivity index (χ0v) is 9.49. The molecule has 18 heavy (non-hydrogen) atoms. The third-order valence-electron chi connectivity index (χ3n) is 1.96. The molecule has 2 N–H and O–H groups in total. The second kappa shape index (κ2) is 6.20. The number of carbonyl (C=O) groups excluding carboxylic acids is 2. The maximum atomic E-state index is 13.3. The van der Waals surface area contributed by atoms with Crippen LogP contribution in [-0.2, 0) is 9.59 Å². The largest absolute Gasteiger partial charge is 0.497 e. The Morgan fingerprint density at radius 1 is 1.44 bits per heavy atom. The molecule has 94 valence electrons. The Bertz CT molecular complexity index is 511. The molecule has 0 radical (unpaired) electrons. The molecule has 2 amide bonds. The topological polar surface area (TPSA) is 91.2 Å². The van der Waals surface area contributed by atoms with Crippen LogP contribution in [0, 0.1) is 17.1 Å². The van der Waals surface area contributed by atoms with Gasteiger partial charge in [0, 0.05) is 6.07 Å². The minimum Gasteiger partial charge on any atom is -0.497 e. The average Bonchev–Trinajstić information content (AvgIpc) is 2.38. The molecule has 0 atom stereocenters. The fourth-order valence-corrected chi connectivity index (χ4v) is 1.11. The van der Waals surface area contributed by atoms with Gasteiger partial charge in [-0.2, -0.15) is 5.26 Å². The highest BCUT2D eigenvalue weighted by Gasteiger charge is 2.15. The zero-order valence-electron chi connectivity index (χ0n) is 9.49. The third kappa shape index (κ3) is 3.45. The summed E-state index contributed by atoms with van der Waals surface area (Å²) in [5.41, 5.74) is -0.175. The second-order valence-corrected chi connectivity index (χ2v) is 3.14. The number of amides is 2. The van der Waals surface area contributed by atoms with Crippen LogP contribution in [0.3, 0.4) is 0 Å². The van der Waals surface area contributed by atoms with Crippen molar-refractivity contribution in [1.29, 1.82) is 5.26 Å². The number of methoxy groups -OCH3 is 1. The molecule has 1 aromatic rings. The van der Waals surface area contributed by atoms with Crippen LogP contribution >= 0.6 is 0 Å². The molecule has 0 bridgehead atoms. The molecule has 0 aromatic heterocycles. The number of anilines is 1. The lowest BCUT2D eigenvalue weighted by molar-refractivity contribution is -0.136. The van der Waals surface area contributed by atoms with Gasteiger partial charge in [0.15, 0.2) is 0 Å². The summed E-state index contributed by atoms with van der Waals surface area (Å²) in [5.74, 6) is -2.43. The van der Waals surface area contributed by atoms with Crippen molar-refractivity contribution in [2.24, 2.45) is 0 Å². The van der Waals surface area contributed by atoms with E-state index in [1.54, 1.807) is 6.07 Å². The first-order chi connectivity index (χ1) is 8.58. The summed E-state index contributed by atoms with van der Waals surface area (Å²) < 4.78 is 18.2. The molecular weight excluding hydrogens is 241 g/mol. The number of hydrogen-bond acceptors (Lipinski definition) is 4. The van der Waals surface area contributed by atoms with Crippen LogP contribution in [0.2, 0.25) is 0 Å². The van der Waals surface area contributed by atoms with Crippen LogP contribution in [0.5, 0.6) is 5.75 Å². The standard InChI is InChI=1S/C11H10FN3O3/c1-18-7-2-3-8(12)9(6-7)15-11(17)10(16)14-5-4-13/h2-3,6H,5H2,1H3,(H,14,16)(H,15,17). The summed E-state index contributed by atoms with van der Waals surface area (Å²) in [6.45, 7) is -0.299. The maximum Gasteiger partial charge on any atom is 0.313 e. The summed E-state index contributed by atoms with van der Waals surface area (Å²) in [5, 5.41) is 12.3. The monoisotopic (exact) mass is 251 g/mol. The fourth-order valence-electron chi connectivity index (χ4n) is 1.11. The molecule has 0 fully saturated rings. The summed E-state index contributed by atoms with van der Waals surface area (Å²) >= 11 is 0. The van der Waals surface area contributed by atoms with Gasteiger partial charge in [0.2, 0.25) is 0 Å². The molecule has 0 aliphatic carbocycles. The van der Waals surface area contributed by atoms with E-state index in [1.807, 2.05) is 5.32 Å². The minimum atomic E-state index is -1.06. The molecule has 0 unspecified atom stereocenters. The number of nitrogens with one attached hydrogen (secondary N) is 2. The van der Waals surface area contributed by atoms with Gasteiger partial charge < -0.3 is 15.4 Å². The summed E-state index contributed by atoms with van der Waals surface area (Å²) in [7, 11) is 1.39. The van der Waals surface area contributed by atoms with Crippen LogP contribution in [0.1, 0.15) is 0 Å². The van der Waals surface area contributed by atoms with E-state index in [2.05, 4.69) is 5.32 Å². The van der Waals surface area contributed by atoms with Crippen molar-refractivity contribution in [3.8, 4) is 11.8 Å². The van der Waals surface area contributed by atoms with Gasteiger partial charge in [0.05, 0.1) is 18.9 Å². The van der Waals surface area contributed by atoms with E-state index in [-0.39, 0.29) is 12.2 Å². The zero-order chi connectivity index (χ0) is 13.5. The lowest BCUT2D eigenvalue weighted by atomic mass is 10.3. The lowest BCUT2D eigenvalue weighted by Crippen LogP contribution is -2.35. The molecule has 0 spiro atoms. The van der Waals surface area contributed by atoms with E-state index >= 15 is 0 Å². The molecule has 0 aliphatic rings. The summed E-state index contributed by atoms with van der Waals surface area (Å²) in [6.07, 6.45) is 0. The van der Waals surface area contributed by atoms with Gasteiger partial charge in [0.25, 0.3) is 0 Å². The molecule has 0 saturated heterocycles. The van der Waals surface area contributed by atoms with Crippen LogP contribution in [-0.4, -0.2) is 25.5 Å². The highest BCUT2D eigenvalue weighted by molar-refractivity contribution is 6.39. The van der Waals surface area contributed by atoms with Crippen LogP contribution in [0.25, 0.3) is 0 Å². The van der Waals surface area contributed by atoms with Crippen LogP contribution < -0.4 is 15.4 Å². The van der Waals surface area contributed by atoms with Gasteiger partial charge >= 0.3 is 11.8 Å². The molecule has 7 heteroatoms. The molecule has 6 nitrogen and oxygen atoms in total. The quantitative estimate of drug-likeness (QED) is 0.601. The fraction of sp³-hybridized carbons (Fsp3) is 0.182. The smallest absolute Gasteiger partial charge is 0.313 e. The van der Waals surface area contributed by atoms with E-state index in [4.69, 9.17) is 10.00 Å². The number of ether oxygens (including phenoxy) is 1. The molecule has 1 aromatic carbocycles. The van der Waals surface area contributed by atoms with E-state index in [0.717, 1.165) is 6.07 Å². The van der Waals surface area contributed by atoms with Gasteiger partial charge in [0.1, 0.15) is 18.1 Å². The van der Waals surface area contributed by atoms with Crippen LogP contribution in [0.4, 0.5) is 10.1 Å². The Kier molecular flexibility index (Phi) is 4.63. The average molecular weight is 251 g/mol. The van der Waals surface area contributed by atoms with E-state index in [0.29, 0.717) is 5.75 Å². The van der Waals surface area contributed by atoms with Crippen molar-refractivity contribution in [2.75, 3.05) is 19.0 Å². The first-order valence-electron chi connectivity index (χ1n) is 4.88. The van der Waals surface area contributed by atoms with Gasteiger partial charge in [-0.25, -0.2) is 4.39 Å². The maximum absolute atomic E-state index is 13.3. The van der Waals surface area contributed by atoms with Gasteiger partial charge in [-0.1, -0.05) is 0 Å². The number of nitrogens with zero attached hydrogens (tertiary/aromatic N) is 1. The SMILES string of the molecule is COc1ccc(F)c(NC(=O)C(=O)NCC#N)c1. The van der Waals surface area contributed by atoms with Crippen molar-refractivity contribution in [2.45, 2.75) is 0 Å². The predicted molar refractivity (Wildman–Crippen MR) is 60.2 cm³/mol. The molecular formula is C11H10FN3O3. The first-order valence-corrected chi connectivity index (χ1v) is 4.88. The van der Waals surface area contributed by atoms with Crippen molar-refractivity contribution in [1.82, 2.24) is 5.32 Å². The Morgan fingerprint density at radius 3 is 2.78 bits per heavy atom. The van der Waals surface area contributed by atoms with Crippen molar-refractivity contribution < 1.29 is 18.7 Å². The number of halogens is 1. The summed E-state index contributed by atoms with van der Waals surface area (Å²) in [4.78, 5) is 22.5. The first kappa shape index (κ1) is 13.4. The van der Waals surface area contributed by atoms with E-state index in [9.17, 15) is 14.0 Å². The van der Waals surface area contributed by atoms with E-state index < -0.39 is 17.6 Å². The molecule has 0 heterocycles. The lowest BCUT2D eigenvalue weighted by Gasteiger charge is -2.07. The number of hydrogen-bond donors (Lipinski definition) is 2. The molecule has 1 rings (SSSR count). The molecule has 0 saturated carbocycles. The van der Waals surface area contributed by atoms with Crippen LogP contribution in [0.15, 0.2) is 18.2 Å². The third-order valence-corrected chi connectivity index (χ3v) is 1.96. The molecule has 0 aliphatic heterocycles. The normalized spacial score (nSPS) is 9.17.